The molecular formula is C10H13N5S. The van der Waals surface area contributed by atoms with Crippen LogP contribution in [0.1, 0.15) is 12.6 Å². The van der Waals surface area contributed by atoms with Crippen LogP contribution in [0.3, 0.4) is 0 Å². The van der Waals surface area contributed by atoms with Crippen LogP contribution in [0.15, 0.2) is 23.8 Å². The Kier molecular flexibility index (Phi) is 3.43. The summed E-state index contributed by atoms with van der Waals surface area (Å²) in [5.41, 5.74) is 6.70. The van der Waals surface area contributed by atoms with E-state index in [9.17, 15) is 0 Å². The third-order valence-corrected chi connectivity index (χ3v) is 2.67. The second-order valence-electron chi connectivity index (χ2n) is 3.52. The van der Waals surface area contributed by atoms with E-state index >= 15 is 0 Å². The lowest BCUT2D eigenvalue weighted by Crippen LogP contribution is -2.17. The van der Waals surface area contributed by atoms with Crippen LogP contribution in [0.5, 0.6) is 0 Å². The molecule has 2 heterocycles. The van der Waals surface area contributed by atoms with Crippen molar-refractivity contribution in [2.45, 2.75) is 19.4 Å². The van der Waals surface area contributed by atoms with Crippen LogP contribution < -0.4 is 11.1 Å². The van der Waals surface area contributed by atoms with Crippen molar-refractivity contribution in [2.75, 3.05) is 5.32 Å². The third kappa shape index (κ3) is 2.98. The molecule has 0 fully saturated rings. The zero-order chi connectivity index (χ0) is 11.4. The summed E-state index contributed by atoms with van der Waals surface area (Å²) in [7, 11) is 0. The van der Waals surface area contributed by atoms with E-state index < -0.39 is 0 Å². The smallest absolute Gasteiger partial charge is 0.228 e. The quantitative estimate of drug-likeness (QED) is 0.841. The number of nitrogens with zero attached hydrogens (tertiary/aromatic N) is 3. The van der Waals surface area contributed by atoms with Gasteiger partial charge in [-0.25, -0.2) is 15.0 Å². The lowest BCUT2D eigenvalue weighted by Gasteiger charge is -2.00. The molecule has 1 atom stereocenters. The van der Waals surface area contributed by atoms with Crippen molar-refractivity contribution in [3.05, 3.63) is 29.5 Å². The molecule has 0 amide bonds. The summed E-state index contributed by atoms with van der Waals surface area (Å²) < 4.78 is 0. The van der Waals surface area contributed by atoms with Gasteiger partial charge in [-0.05, 0) is 13.0 Å². The molecule has 2 aromatic heterocycles. The van der Waals surface area contributed by atoms with Gasteiger partial charge in [-0.15, -0.1) is 11.3 Å². The van der Waals surface area contributed by atoms with Crippen LogP contribution in [0.2, 0.25) is 0 Å². The van der Waals surface area contributed by atoms with Gasteiger partial charge < -0.3 is 11.1 Å². The summed E-state index contributed by atoms with van der Waals surface area (Å²) in [5, 5.41) is 5.83. The van der Waals surface area contributed by atoms with Crippen LogP contribution in [0.25, 0.3) is 0 Å². The average Bonchev–Trinajstić information content (AvgIpc) is 2.66. The van der Waals surface area contributed by atoms with Crippen molar-refractivity contribution in [1.82, 2.24) is 15.0 Å². The van der Waals surface area contributed by atoms with Crippen LogP contribution in [-0.2, 0) is 6.42 Å². The molecule has 5 nitrogen and oxygen atoms in total. The maximum absolute atomic E-state index is 5.71. The molecule has 0 saturated heterocycles. The number of aromatic nitrogens is 3. The first-order valence-electron chi connectivity index (χ1n) is 4.98. The number of hydrogen-bond donors (Lipinski definition) is 2. The minimum absolute atomic E-state index is 0.128. The van der Waals surface area contributed by atoms with E-state index in [2.05, 4.69) is 20.3 Å². The van der Waals surface area contributed by atoms with E-state index in [0.29, 0.717) is 5.95 Å². The van der Waals surface area contributed by atoms with E-state index in [1.54, 1.807) is 18.5 Å². The van der Waals surface area contributed by atoms with E-state index in [1.807, 2.05) is 12.3 Å². The monoisotopic (exact) mass is 235 g/mol. The van der Waals surface area contributed by atoms with E-state index in [4.69, 9.17) is 5.73 Å². The number of nitrogens with two attached hydrogens (primary N) is 1. The van der Waals surface area contributed by atoms with Crippen LogP contribution in [0, 0.1) is 0 Å². The number of rotatable bonds is 4. The molecule has 0 bridgehead atoms. The highest BCUT2D eigenvalue weighted by Gasteiger charge is 2.05. The normalized spacial score (nSPS) is 12.4. The molecule has 0 aromatic carbocycles. The molecule has 0 spiro atoms. The van der Waals surface area contributed by atoms with E-state index in [0.717, 1.165) is 17.2 Å². The highest BCUT2D eigenvalue weighted by molar-refractivity contribution is 7.13. The molecule has 0 saturated carbocycles. The van der Waals surface area contributed by atoms with Crippen molar-refractivity contribution in [2.24, 2.45) is 5.73 Å². The van der Waals surface area contributed by atoms with Crippen LogP contribution in [0.4, 0.5) is 11.1 Å². The number of hydrogen-bond acceptors (Lipinski definition) is 6. The molecule has 2 rings (SSSR count). The van der Waals surface area contributed by atoms with Crippen molar-refractivity contribution in [3.8, 4) is 0 Å². The fourth-order valence-corrected chi connectivity index (χ4v) is 1.96. The standard InChI is InChI=1S/C10H13N5S/c1-7(11)5-8-6-16-10(14-8)15-9-12-3-2-4-13-9/h2-4,6-7H,5,11H2,1H3,(H,12,13,14,15). The van der Waals surface area contributed by atoms with Gasteiger partial charge >= 0.3 is 0 Å². The fourth-order valence-electron chi connectivity index (χ4n) is 1.25. The molecule has 2 aromatic rings. The van der Waals surface area contributed by atoms with E-state index in [-0.39, 0.29) is 6.04 Å². The lowest BCUT2D eigenvalue weighted by atomic mass is 10.2. The molecule has 16 heavy (non-hydrogen) atoms. The Balaban J connectivity index is 2.03. The van der Waals surface area contributed by atoms with Gasteiger partial charge in [0.05, 0.1) is 5.69 Å². The first kappa shape index (κ1) is 11.0. The molecule has 0 aliphatic heterocycles. The van der Waals surface area contributed by atoms with Crippen molar-refractivity contribution in [1.29, 1.82) is 0 Å². The SMILES string of the molecule is CC(N)Cc1csc(Nc2ncccn2)n1. The summed E-state index contributed by atoms with van der Waals surface area (Å²) in [6.45, 7) is 1.97. The minimum Gasteiger partial charge on any atom is -0.328 e. The first-order chi connectivity index (χ1) is 7.74. The van der Waals surface area contributed by atoms with Gasteiger partial charge in [0.2, 0.25) is 5.95 Å². The topological polar surface area (TPSA) is 76.7 Å². The highest BCUT2D eigenvalue weighted by atomic mass is 32.1. The summed E-state index contributed by atoms with van der Waals surface area (Å²) in [6.07, 6.45) is 4.16. The van der Waals surface area contributed by atoms with E-state index in [1.165, 1.54) is 11.3 Å². The zero-order valence-electron chi connectivity index (χ0n) is 8.92. The second-order valence-corrected chi connectivity index (χ2v) is 4.38. The Labute approximate surface area is 97.8 Å². The Morgan fingerprint density at radius 1 is 1.44 bits per heavy atom. The molecule has 0 aliphatic rings. The summed E-state index contributed by atoms with van der Waals surface area (Å²) in [4.78, 5) is 12.5. The maximum atomic E-state index is 5.71. The predicted octanol–water partition coefficient (Wildman–Crippen LogP) is 1.57. The maximum Gasteiger partial charge on any atom is 0.228 e. The van der Waals surface area contributed by atoms with Crippen molar-refractivity contribution >= 4 is 22.4 Å². The van der Waals surface area contributed by atoms with Gasteiger partial charge in [-0.3, -0.25) is 0 Å². The van der Waals surface area contributed by atoms with Gasteiger partial charge in [0.15, 0.2) is 5.13 Å². The molecule has 1 unspecified atom stereocenters. The molecular weight excluding hydrogens is 222 g/mol. The Bertz CT molecular complexity index is 439. The molecule has 6 heteroatoms. The third-order valence-electron chi connectivity index (χ3n) is 1.87. The lowest BCUT2D eigenvalue weighted by molar-refractivity contribution is 0.726. The van der Waals surface area contributed by atoms with Gasteiger partial charge in [0.1, 0.15) is 0 Å². The molecule has 0 aliphatic carbocycles. The predicted molar refractivity (Wildman–Crippen MR) is 64.8 cm³/mol. The largest absolute Gasteiger partial charge is 0.328 e. The van der Waals surface area contributed by atoms with Gasteiger partial charge in [0.25, 0.3) is 0 Å². The van der Waals surface area contributed by atoms with Crippen molar-refractivity contribution in [3.63, 3.8) is 0 Å². The summed E-state index contributed by atoms with van der Waals surface area (Å²) >= 11 is 1.53. The van der Waals surface area contributed by atoms with Crippen LogP contribution >= 0.6 is 11.3 Å². The molecule has 0 radical (unpaired) electrons. The van der Waals surface area contributed by atoms with Crippen molar-refractivity contribution < 1.29 is 0 Å². The number of thiazole rings is 1. The first-order valence-corrected chi connectivity index (χ1v) is 5.86. The second kappa shape index (κ2) is 5.00. The summed E-state index contributed by atoms with van der Waals surface area (Å²) in [5.74, 6) is 0.559. The fraction of sp³-hybridized carbons (Fsp3) is 0.300. The summed E-state index contributed by atoms with van der Waals surface area (Å²) in [6, 6.07) is 1.90. The van der Waals surface area contributed by atoms with Gasteiger partial charge in [-0.1, -0.05) is 0 Å². The zero-order valence-corrected chi connectivity index (χ0v) is 9.74. The highest BCUT2D eigenvalue weighted by Crippen LogP contribution is 2.18. The van der Waals surface area contributed by atoms with Gasteiger partial charge in [-0.2, -0.15) is 0 Å². The number of nitrogens with one attached hydrogen (secondary N) is 1. The Hall–Kier alpha value is -1.53. The Morgan fingerprint density at radius 3 is 2.88 bits per heavy atom. The van der Waals surface area contributed by atoms with Crippen LogP contribution in [-0.4, -0.2) is 21.0 Å². The molecule has 3 N–H and O–H groups in total. The minimum atomic E-state index is 0.128. The average molecular weight is 235 g/mol. The Morgan fingerprint density at radius 2 is 2.19 bits per heavy atom. The van der Waals surface area contributed by atoms with Gasteiger partial charge in [0, 0.05) is 30.2 Å². The molecule has 84 valence electrons. The number of anilines is 2.